The summed E-state index contributed by atoms with van der Waals surface area (Å²) in [6, 6.07) is 9.20. The molecule has 28 heavy (non-hydrogen) atoms. The van der Waals surface area contributed by atoms with E-state index in [4.69, 9.17) is 11.6 Å². The predicted molar refractivity (Wildman–Crippen MR) is 110 cm³/mol. The van der Waals surface area contributed by atoms with Gasteiger partial charge in [0.1, 0.15) is 0 Å². The Morgan fingerprint density at radius 3 is 2.68 bits per heavy atom. The van der Waals surface area contributed by atoms with Gasteiger partial charge in [-0.25, -0.2) is 0 Å². The first kappa shape index (κ1) is 20.3. The fourth-order valence-corrected chi connectivity index (χ4v) is 3.45. The molecule has 6 nitrogen and oxygen atoms in total. The number of piperidine rings is 1. The largest absolute Gasteiger partial charge is 0.348 e. The van der Waals surface area contributed by atoms with Crippen LogP contribution in [0.3, 0.4) is 0 Å². The van der Waals surface area contributed by atoms with Gasteiger partial charge < -0.3 is 10.6 Å². The average Bonchev–Trinajstić information content (AvgIpc) is 2.71. The first-order valence-electron chi connectivity index (χ1n) is 9.48. The molecular weight excluding hydrogens is 376 g/mol. The second-order valence-electron chi connectivity index (χ2n) is 7.21. The van der Waals surface area contributed by atoms with Gasteiger partial charge in [0.25, 0.3) is 0 Å². The van der Waals surface area contributed by atoms with Crippen molar-refractivity contribution >= 4 is 29.1 Å². The van der Waals surface area contributed by atoms with Crippen LogP contribution in [0.4, 0.5) is 5.69 Å². The van der Waals surface area contributed by atoms with Gasteiger partial charge in [0.2, 0.25) is 0 Å². The third-order valence-electron chi connectivity index (χ3n) is 5.02. The van der Waals surface area contributed by atoms with Crippen molar-refractivity contribution < 1.29 is 9.59 Å². The van der Waals surface area contributed by atoms with E-state index in [0.29, 0.717) is 23.2 Å². The van der Waals surface area contributed by atoms with E-state index >= 15 is 0 Å². The summed E-state index contributed by atoms with van der Waals surface area (Å²) in [7, 11) is 0. The van der Waals surface area contributed by atoms with E-state index < -0.39 is 11.8 Å². The quantitative estimate of drug-likeness (QED) is 0.756. The molecule has 0 bridgehead atoms. The van der Waals surface area contributed by atoms with Crippen molar-refractivity contribution in [3.8, 4) is 0 Å². The molecule has 1 aliphatic heterocycles. The van der Waals surface area contributed by atoms with Crippen molar-refractivity contribution in [2.45, 2.75) is 26.3 Å². The zero-order valence-electron chi connectivity index (χ0n) is 16.0. The third-order valence-corrected chi connectivity index (χ3v) is 5.43. The van der Waals surface area contributed by atoms with Crippen LogP contribution in [0.15, 0.2) is 42.7 Å². The lowest BCUT2D eigenvalue weighted by molar-refractivity contribution is -0.136. The lowest BCUT2D eigenvalue weighted by Gasteiger charge is -2.31. The number of pyridine rings is 1. The molecule has 1 aromatic heterocycles. The number of nitrogens with zero attached hydrogens (tertiary/aromatic N) is 2. The molecule has 7 heteroatoms. The maximum Gasteiger partial charge on any atom is 0.313 e. The van der Waals surface area contributed by atoms with Crippen molar-refractivity contribution in [2.24, 2.45) is 5.92 Å². The van der Waals surface area contributed by atoms with Crippen LogP contribution in [0.2, 0.25) is 5.02 Å². The van der Waals surface area contributed by atoms with E-state index in [1.807, 2.05) is 19.2 Å². The number of hydrogen-bond acceptors (Lipinski definition) is 4. The van der Waals surface area contributed by atoms with Gasteiger partial charge in [0.15, 0.2) is 0 Å². The molecule has 0 spiro atoms. The summed E-state index contributed by atoms with van der Waals surface area (Å²) < 4.78 is 0. The van der Waals surface area contributed by atoms with Crippen LogP contribution in [0.1, 0.15) is 24.0 Å². The van der Waals surface area contributed by atoms with Crippen LogP contribution in [0, 0.1) is 12.8 Å². The van der Waals surface area contributed by atoms with Gasteiger partial charge in [0, 0.05) is 36.2 Å². The summed E-state index contributed by atoms with van der Waals surface area (Å²) in [5, 5.41) is 5.88. The Balaban J connectivity index is 1.39. The molecule has 2 heterocycles. The van der Waals surface area contributed by atoms with E-state index in [2.05, 4.69) is 26.6 Å². The van der Waals surface area contributed by atoms with Gasteiger partial charge in [-0.1, -0.05) is 23.7 Å². The Hall–Kier alpha value is -2.44. The van der Waals surface area contributed by atoms with Crippen LogP contribution in [-0.2, 0) is 16.1 Å². The van der Waals surface area contributed by atoms with E-state index in [-0.39, 0.29) is 0 Å². The molecular formula is C21H25ClN4O2. The van der Waals surface area contributed by atoms with Crippen molar-refractivity contribution in [2.75, 3.05) is 25.0 Å². The zero-order chi connectivity index (χ0) is 19.9. The molecule has 0 radical (unpaired) electrons. The van der Waals surface area contributed by atoms with Crippen molar-refractivity contribution in [3.63, 3.8) is 0 Å². The van der Waals surface area contributed by atoms with Gasteiger partial charge in [0.05, 0.1) is 0 Å². The molecule has 2 amide bonds. The highest BCUT2D eigenvalue weighted by molar-refractivity contribution is 6.39. The lowest BCUT2D eigenvalue weighted by atomic mass is 9.96. The van der Waals surface area contributed by atoms with Gasteiger partial charge in [-0.3, -0.25) is 19.5 Å². The Morgan fingerprint density at radius 2 is 2.00 bits per heavy atom. The maximum absolute atomic E-state index is 12.1. The van der Waals surface area contributed by atoms with Crippen molar-refractivity contribution in [1.29, 1.82) is 0 Å². The third kappa shape index (κ3) is 5.78. The molecule has 1 aromatic carbocycles. The molecule has 2 N–H and O–H groups in total. The summed E-state index contributed by atoms with van der Waals surface area (Å²) in [5.41, 5.74) is 2.64. The predicted octanol–water partition coefficient (Wildman–Crippen LogP) is 3.01. The number of carbonyl (C=O) groups is 2. The highest BCUT2D eigenvalue weighted by Crippen LogP contribution is 2.20. The van der Waals surface area contributed by atoms with Crippen LogP contribution in [-0.4, -0.2) is 41.3 Å². The Morgan fingerprint density at radius 1 is 1.21 bits per heavy atom. The molecule has 0 unspecified atom stereocenters. The number of aryl methyl sites for hydroxylation is 1. The first-order valence-corrected chi connectivity index (χ1v) is 9.85. The molecule has 3 rings (SSSR count). The first-order chi connectivity index (χ1) is 13.5. The van der Waals surface area contributed by atoms with Gasteiger partial charge in [-0.2, -0.15) is 0 Å². The summed E-state index contributed by atoms with van der Waals surface area (Å²) in [6.07, 6.45) is 5.67. The molecule has 2 aromatic rings. The molecule has 148 valence electrons. The Kier molecular flexibility index (Phi) is 7.01. The summed E-state index contributed by atoms with van der Waals surface area (Å²) in [4.78, 5) is 30.7. The van der Waals surface area contributed by atoms with E-state index in [0.717, 1.165) is 38.0 Å². The molecule has 1 fully saturated rings. The van der Waals surface area contributed by atoms with E-state index in [1.165, 1.54) is 5.56 Å². The molecule has 0 saturated carbocycles. The smallest absolute Gasteiger partial charge is 0.313 e. The zero-order valence-corrected chi connectivity index (χ0v) is 16.7. The van der Waals surface area contributed by atoms with Crippen molar-refractivity contribution in [3.05, 3.63) is 58.9 Å². The van der Waals surface area contributed by atoms with Gasteiger partial charge >= 0.3 is 11.8 Å². The van der Waals surface area contributed by atoms with E-state index in [9.17, 15) is 9.59 Å². The highest BCUT2D eigenvalue weighted by Gasteiger charge is 2.21. The molecule has 0 atom stereocenters. The second-order valence-corrected chi connectivity index (χ2v) is 7.62. The number of anilines is 1. The minimum Gasteiger partial charge on any atom is -0.348 e. The average molecular weight is 401 g/mol. The standard InChI is InChI=1S/C21H25ClN4O2/c1-15-4-5-18(11-19(15)22)25-21(28)20(27)24-13-16-6-9-26(10-7-16)14-17-3-2-8-23-12-17/h2-5,8,11-12,16H,6-7,9-10,13-14H2,1H3,(H,24,27)(H,25,28). The SMILES string of the molecule is Cc1ccc(NC(=O)C(=O)NCC2CCN(Cc3cccnc3)CC2)cc1Cl. The number of amides is 2. The normalized spacial score (nSPS) is 15.2. The molecule has 1 saturated heterocycles. The monoisotopic (exact) mass is 400 g/mol. The van der Waals surface area contributed by atoms with Crippen LogP contribution in [0.25, 0.3) is 0 Å². The fourth-order valence-electron chi connectivity index (χ4n) is 3.27. The molecule has 0 aliphatic carbocycles. The number of carbonyl (C=O) groups excluding carboxylic acids is 2. The van der Waals surface area contributed by atoms with Crippen LogP contribution in [0.5, 0.6) is 0 Å². The summed E-state index contributed by atoms with van der Waals surface area (Å²) in [6.45, 7) is 5.24. The van der Waals surface area contributed by atoms with Gasteiger partial charge in [-0.15, -0.1) is 0 Å². The second kappa shape index (κ2) is 9.66. The number of hydrogen-bond donors (Lipinski definition) is 2. The highest BCUT2D eigenvalue weighted by atomic mass is 35.5. The van der Waals surface area contributed by atoms with Crippen LogP contribution >= 0.6 is 11.6 Å². The maximum atomic E-state index is 12.1. The van der Waals surface area contributed by atoms with Gasteiger partial charge in [-0.05, 0) is 68.1 Å². The minimum atomic E-state index is -0.672. The number of benzene rings is 1. The lowest BCUT2D eigenvalue weighted by Crippen LogP contribution is -2.41. The minimum absolute atomic E-state index is 0.385. The molecule has 1 aliphatic rings. The number of nitrogens with one attached hydrogen (secondary N) is 2. The number of likely N-dealkylation sites (tertiary alicyclic amines) is 1. The number of rotatable bonds is 5. The Bertz CT molecular complexity index is 820. The summed E-state index contributed by atoms with van der Waals surface area (Å²) in [5.74, 6) is -0.904. The fraction of sp³-hybridized carbons (Fsp3) is 0.381. The number of halogens is 1. The van der Waals surface area contributed by atoms with E-state index in [1.54, 1.807) is 24.4 Å². The van der Waals surface area contributed by atoms with Crippen LogP contribution < -0.4 is 10.6 Å². The van der Waals surface area contributed by atoms with Crippen molar-refractivity contribution in [1.82, 2.24) is 15.2 Å². The summed E-state index contributed by atoms with van der Waals surface area (Å²) >= 11 is 6.04. The topological polar surface area (TPSA) is 74.3 Å². The Labute approximate surface area is 170 Å². The number of aromatic nitrogens is 1.